The summed E-state index contributed by atoms with van der Waals surface area (Å²) in [5.41, 5.74) is 4.75. The zero-order valence-corrected chi connectivity index (χ0v) is 8.85. The number of hydrogen-bond acceptors (Lipinski definition) is 5. The fourth-order valence-corrected chi connectivity index (χ4v) is 3.56. The number of amides is 1. The van der Waals surface area contributed by atoms with E-state index in [9.17, 15) is 21.6 Å². The molecule has 0 saturated heterocycles. The van der Waals surface area contributed by atoms with Crippen molar-refractivity contribution in [1.82, 2.24) is 0 Å². The van der Waals surface area contributed by atoms with Crippen molar-refractivity contribution in [1.29, 1.82) is 0 Å². The van der Waals surface area contributed by atoms with E-state index in [-0.39, 0.29) is 0 Å². The van der Waals surface area contributed by atoms with Gasteiger partial charge in [0.05, 0.1) is 5.75 Å². The number of sulfone groups is 2. The smallest absolute Gasteiger partial charge is 0.236 e. The van der Waals surface area contributed by atoms with Crippen molar-refractivity contribution in [2.75, 3.05) is 18.3 Å². The molecule has 13 heavy (non-hydrogen) atoms. The maximum Gasteiger partial charge on any atom is 0.236 e. The van der Waals surface area contributed by atoms with E-state index < -0.39 is 36.6 Å². The molecule has 8 heteroatoms. The number of carbonyl (C=O) groups is 1. The van der Waals surface area contributed by atoms with Crippen molar-refractivity contribution >= 4 is 25.6 Å². The van der Waals surface area contributed by atoms with Crippen LogP contribution in [0.2, 0.25) is 0 Å². The molecular formula is C5H11NO5S2. The summed E-state index contributed by atoms with van der Waals surface area (Å²) in [7, 11) is -7.28. The van der Waals surface area contributed by atoms with Crippen LogP contribution in [0, 0.1) is 0 Å². The van der Waals surface area contributed by atoms with Crippen LogP contribution < -0.4 is 5.73 Å². The Hall–Kier alpha value is -0.630. The second-order valence-electron chi connectivity index (χ2n) is 2.81. The van der Waals surface area contributed by atoms with E-state index in [0.29, 0.717) is 0 Å². The van der Waals surface area contributed by atoms with Crippen LogP contribution in [0.1, 0.15) is 0 Å². The fraction of sp³-hybridized carbons (Fsp3) is 0.800. The third-order valence-electron chi connectivity index (χ3n) is 1.29. The number of carbonyl (C=O) groups excluding carboxylic acids is 1. The molecule has 0 saturated carbocycles. The predicted octanol–water partition coefficient (Wildman–Crippen LogP) is -2.07. The zero-order valence-electron chi connectivity index (χ0n) is 7.22. The summed E-state index contributed by atoms with van der Waals surface area (Å²) in [5.74, 6) is -1.91. The second kappa shape index (κ2) is 3.62. The van der Waals surface area contributed by atoms with Crippen molar-refractivity contribution in [3.8, 4) is 0 Å². The van der Waals surface area contributed by atoms with Crippen molar-refractivity contribution in [2.24, 2.45) is 5.73 Å². The molecule has 0 aromatic carbocycles. The normalized spacial score (nSPS) is 15.2. The maximum atomic E-state index is 10.9. The van der Waals surface area contributed by atoms with E-state index in [1.54, 1.807) is 0 Å². The molecule has 78 valence electrons. The molecule has 1 unspecified atom stereocenters. The van der Waals surface area contributed by atoms with Crippen molar-refractivity contribution in [3.63, 3.8) is 0 Å². The van der Waals surface area contributed by atoms with Crippen LogP contribution in [-0.4, -0.2) is 46.3 Å². The molecule has 0 aromatic heterocycles. The van der Waals surface area contributed by atoms with Crippen LogP contribution in [0.3, 0.4) is 0 Å². The van der Waals surface area contributed by atoms with Gasteiger partial charge in [0.2, 0.25) is 5.91 Å². The lowest BCUT2D eigenvalue weighted by Crippen LogP contribution is -2.40. The van der Waals surface area contributed by atoms with E-state index in [4.69, 9.17) is 5.73 Å². The number of nitrogens with two attached hydrogens (primary N) is 1. The monoisotopic (exact) mass is 229 g/mol. The Bertz CT molecular complexity index is 393. The lowest BCUT2D eigenvalue weighted by atomic mass is 10.5. The molecular weight excluding hydrogens is 218 g/mol. The fourth-order valence-electron chi connectivity index (χ4n) is 0.692. The number of primary amides is 1. The summed E-state index contributed by atoms with van der Waals surface area (Å²) in [6, 6.07) is 0. The minimum Gasteiger partial charge on any atom is -0.369 e. The van der Waals surface area contributed by atoms with Crippen LogP contribution in [-0.2, 0) is 24.5 Å². The topological polar surface area (TPSA) is 111 Å². The summed E-state index contributed by atoms with van der Waals surface area (Å²) in [6.07, 6.45) is 1.61. The maximum absolute atomic E-state index is 10.9. The Kier molecular flexibility index (Phi) is 3.45. The van der Waals surface area contributed by atoms with Gasteiger partial charge in [0.25, 0.3) is 0 Å². The predicted molar refractivity (Wildman–Crippen MR) is 47.5 cm³/mol. The Labute approximate surface area is 77.0 Å². The minimum absolute atomic E-state index is 0.763. The standard InChI is InChI=1S/C5H11NO5S2/c1-12(8,9)3-4(5(6)7)13(2,10)11/h4H,3H2,1-2H3,(H2,6,7). The highest BCUT2D eigenvalue weighted by atomic mass is 32.2. The third-order valence-corrected chi connectivity index (χ3v) is 3.87. The molecule has 0 bridgehead atoms. The van der Waals surface area contributed by atoms with Gasteiger partial charge in [0.15, 0.2) is 15.1 Å². The quantitative estimate of drug-likeness (QED) is 0.595. The van der Waals surface area contributed by atoms with Gasteiger partial charge in [-0.1, -0.05) is 0 Å². The second-order valence-corrected chi connectivity index (χ2v) is 7.23. The molecule has 0 spiro atoms. The van der Waals surface area contributed by atoms with Crippen LogP contribution >= 0.6 is 0 Å². The zero-order chi connectivity index (χ0) is 10.9. The van der Waals surface area contributed by atoms with Gasteiger partial charge in [-0.05, 0) is 0 Å². The molecule has 0 rings (SSSR count). The van der Waals surface area contributed by atoms with Gasteiger partial charge in [-0.15, -0.1) is 0 Å². The highest BCUT2D eigenvalue weighted by Crippen LogP contribution is 2.02. The van der Waals surface area contributed by atoms with Gasteiger partial charge >= 0.3 is 0 Å². The largest absolute Gasteiger partial charge is 0.369 e. The van der Waals surface area contributed by atoms with E-state index >= 15 is 0 Å². The van der Waals surface area contributed by atoms with Crippen LogP contribution in [0.4, 0.5) is 0 Å². The summed E-state index contributed by atoms with van der Waals surface area (Å²) >= 11 is 0. The molecule has 0 aliphatic carbocycles. The Morgan fingerprint density at radius 2 is 1.62 bits per heavy atom. The van der Waals surface area contributed by atoms with E-state index in [2.05, 4.69) is 0 Å². The molecule has 6 nitrogen and oxygen atoms in total. The van der Waals surface area contributed by atoms with Crippen LogP contribution in [0.25, 0.3) is 0 Å². The first-order valence-electron chi connectivity index (χ1n) is 3.20. The summed E-state index contributed by atoms with van der Waals surface area (Å²) in [4.78, 5) is 10.6. The first-order chi connectivity index (χ1) is 5.54. The molecule has 0 aliphatic rings. The van der Waals surface area contributed by atoms with Crippen molar-refractivity contribution in [2.45, 2.75) is 5.25 Å². The van der Waals surface area contributed by atoms with Crippen LogP contribution in [0.15, 0.2) is 0 Å². The highest BCUT2D eigenvalue weighted by molar-refractivity contribution is 7.95. The lowest BCUT2D eigenvalue weighted by Gasteiger charge is -2.08. The van der Waals surface area contributed by atoms with E-state index in [0.717, 1.165) is 12.5 Å². The molecule has 2 N–H and O–H groups in total. The van der Waals surface area contributed by atoms with Gasteiger partial charge in [0, 0.05) is 12.5 Å². The Morgan fingerprint density at radius 1 is 1.23 bits per heavy atom. The Balaban J connectivity index is 5.00. The van der Waals surface area contributed by atoms with Gasteiger partial charge in [0.1, 0.15) is 9.84 Å². The molecule has 0 heterocycles. The molecule has 0 aliphatic heterocycles. The molecule has 0 fully saturated rings. The SMILES string of the molecule is CS(=O)(=O)CC(C(N)=O)S(C)(=O)=O. The minimum atomic E-state index is -3.75. The Morgan fingerprint density at radius 3 is 1.69 bits per heavy atom. The highest BCUT2D eigenvalue weighted by Gasteiger charge is 2.30. The molecule has 0 radical (unpaired) electrons. The first kappa shape index (κ1) is 12.4. The van der Waals surface area contributed by atoms with Gasteiger partial charge in [-0.25, -0.2) is 16.8 Å². The van der Waals surface area contributed by atoms with Crippen molar-refractivity contribution < 1.29 is 21.6 Å². The molecule has 1 amide bonds. The molecule has 0 aromatic rings. The summed E-state index contributed by atoms with van der Waals surface area (Å²) in [6.45, 7) is 0. The first-order valence-corrected chi connectivity index (χ1v) is 7.21. The van der Waals surface area contributed by atoms with Gasteiger partial charge in [-0.2, -0.15) is 0 Å². The van der Waals surface area contributed by atoms with Gasteiger partial charge < -0.3 is 5.73 Å². The lowest BCUT2D eigenvalue weighted by molar-refractivity contribution is -0.117. The summed E-state index contributed by atoms with van der Waals surface area (Å²) in [5, 5.41) is -1.65. The van der Waals surface area contributed by atoms with Crippen LogP contribution in [0.5, 0.6) is 0 Å². The van der Waals surface area contributed by atoms with Crippen molar-refractivity contribution in [3.05, 3.63) is 0 Å². The average Bonchev–Trinajstić information content (AvgIpc) is 1.77. The number of hydrogen-bond donors (Lipinski definition) is 1. The third kappa shape index (κ3) is 4.83. The number of rotatable bonds is 4. The van der Waals surface area contributed by atoms with Gasteiger partial charge in [-0.3, -0.25) is 4.79 Å². The van der Waals surface area contributed by atoms with E-state index in [1.165, 1.54) is 0 Å². The van der Waals surface area contributed by atoms with E-state index in [1.807, 2.05) is 0 Å². The average molecular weight is 229 g/mol. The summed E-state index contributed by atoms with van der Waals surface area (Å²) < 4.78 is 43.2. The molecule has 1 atom stereocenters.